The second-order valence-corrected chi connectivity index (χ2v) is 8.41. The molecule has 166 valence electrons. The molecule has 0 amide bonds. The number of ether oxygens (including phenoxy) is 1. The topological polar surface area (TPSA) is 75.5 Å². The highest BCUT2D eigenvalue weighted by Gasteiger charge is 2.24. The van der Waals surface area contributed by atoms with Gasteiger partial charge in [0.2, 0.25) is 5.78 Å². The average molecular weight is 434 g/mol. The molecule has 1 aliphatic rings. The van der Waals surface area contributed by atoms with E-state index in [-0.39, 0.29) is 23.9 Å². The lowest BCUT2D eigenvalue weighted by atomic mass is 10.2. The molecule has 32 heavy (non-hydrogen) atoms. The van der Waals surface area contributed by atoms with E-state index in [9.17, 15) is 9.59 Å². The summed E-state index contributed by atoms with van der Waals surface area (Å²) in [5.74, 6) is 0.676. The van der Waals surface area contributed by atoms with Gasteiger partial charge in [-0.15, -0.1) is 0 Å². The number of fused-ring (bicyclic) bond motifs is 3. The smallest absolute Gasteiger partial charge is 0.332 e. The minimum Gasteiger partial charge on any atom is -0.376 e. The standard InChI is InChI=1S/C24H27N5O3/c1-16-17(2)29-20-21(25-23(29)28(16)15-19-12-8-14-32-19)26(3)24(31)27(22(20)30)13-7-11-18-9-5-4-6-10-18/h4-7,9-11,19H,8,12-15H2,1-3H3/b11-7-/t19-/m0/s1. The fourth-order valence-corrected chi connectivity index (χ4v) is 4.54. The molecule has 0 N–H and O–H groups in total. The number of aryl methyl sites for hydroxylation is 2. The maximum Gasteiger partial charge on any atom is 0.332 e. The molecule has 3 aromatic heterocycles. The normalized spacial score (nSPS) is 16.8. The molecule has 1 aromatic carbocycles. The molecule has 0 bridgehead atoms. The van der Waals surface area contributed by atoms with Gasteiger partial charge in [0.15, 0.2) is 11.2 Å². The first-order valence-corrected chi connectivity index (χ1v) is 11.0. The van der Waals surface area contributed by atoms with E-state index in [4.69, 9.17) is 9.72 Å². The summed E-state index contributed by atoms with van der Waals surface area (Å²) in [5.41, 5.74) is 3.15. The van der Waals surface area contributed by atoms with Crippen molar-refractivity contribution in [3.63, 3.8) is 0 Å². The summed E-state index contributed by atoms with van der Waals surface area (Å²) >= 11 is 0. The Morgan fingerprint density at radius 3 is 2.62 bits per heavy atom. The summed E-state index contributed by atoms with van der Waals surface area (Å²) in [4.78, 5) is 31.2. The minimum absolute atomic E-state index is 0.146. The number of nitrogens with zero attached hydrogens (tertiary/aromatic N) is 5. The van der Waals surface area contributed by atoms with Gasteiger partial charge >= 0.3 is 5.69 Å². The van der Waals surface area contributed by atoms with Gasteiger partial charge in [-0.2, -0.15) is 4.98 Å². The first kappa shape index (κ1) is 20.5. The Bertz CT molecular complexity index is 1450. The van der Waals surface area contributed by atoms with Crippen LogP contribution >= 0.6 is 0 Å². The summed E-state index contributed by atoms with van der Waals surface area (Å²) in [6, 6.07) is 9.80. The highest BCUT2D eigenvalue weighted by atomic mass is 16.5. The van der Waals surface area contributed by atoms with Crippen LogP contribution in [0.4, 0.5) is 0 Å². The van der Waals surface area contributed by atoms with Gasteiger partial charge in [-0.25, -0.2) is 4.79 Å². The largest absolute Gasteiger partial charge is 0.376 e. The Labute approximate surface area is 185 Å². The van der Waals surface area contributed by atoms with Crippen molar-refractivity contribution in [1.82, 2.24) is 23.1 Å². The third-order valence-corrected chi connectivity index (χ3v) is 6.44. The van der Waals surface area contributed by atoms with Gasteiger partial charge in [0.25, 0.3) is 5.56 Å². The van der Waals surface area contributed by atoms with Crippen LogP contribution in [0.15, 0.2) is 46.0 Å². The van der Waals surface area contributed by atoms with Gasteiger partial charge in [-0.1, -0.05) is 42.5 Å². The van der Waals surface area contributed by atoms with Crippen molar-refractivity contribution in [2.24, 2.45) is 7.05 Å². The fourth-order valence-electron chi connectivity index (χ4n) is 4.54. The van der Waals surface area contributed by atoms with Crippen LogP contribution in [0, 0.1) is 13.8 Å². The third-order valence-electron chi connectivity index (χ3n) is 6.44. The van der Waals surface area contributed by atoms with E-state index in [0.717, 1.165) is 36.4 Å². The van der Waals surface area contributed by atoms with E-state index in [0.29, 0.717) is 23.5 Å². The Morgan fingerprint density at radius 1 is 1.12 bits per heavy atom. The average Bonchev–Trinajstić information content (AvgIpc) is 3.50. The monoisotopic (exact) mass is 433 g/mol. The Morgan fingerprint density at radius 2 is 1.91 bits per heavy atom. The summed E-state index contributed by atoms with van der Waals surface area (Å²) in [7, 11) is 1.67. The van der Waals surface area contributed by atoms with E-state index >= 15 is 0 Å². The molecular formula is C24H27N5O3. The lowest BCUT2D eigenvalue weighted by molar-refractivity contribution is 0.0974. The summed E-state index contributed by atoms with van der Waals surface area (Å²) in [6.07, 6.45) is 5.97. The number of hydrogen-bond acceptors (Lipinski definition) is 4. The van der Waals surface area contributed by atoms with Crippen LogP contribution in [0.25, 0.3) is 23.0 Å². The van der Waals surface area contributed by atoms with Crippen LogP contribution in [0.2, 0.25) is 0 Å². The van der Waals surface area contributed by atoms with Crippen LogP contribution < -0.4 is 11.2 Å². The van der Waals surface area contributed by atoms with Crippen molar-refractivity contribution >= 4 is 23.0 Å². The number of imidazole rings is 2. The zero-order chi connectivity index (χ0) is 22.4. The minimum atomic E-state index is -0.374. The number of rotatable bonds is 5. The van der Waals surface area contributed by atoms with Crippen molar-refractivity contribution < 1.29 is 4.74 Å². The van der Waals surface area contributed by atoms with E-state index in [1.54, 1.807) is 7.05 Å². The first-order chi connectivity index (χ1) is 15.5. The molecule has 1 fully saturated rings. The number of hydrogen-bond donors (Lipinski definition) is 0. The summed E-state index contributed by atoms with van der Waals surface area (Å²) in [5, 5.41) is 0. The molecular weight excluding hydrogens is 406 g/mol. The molecule has 1 atom stereocenters. The van der Waals surface area contributed by atoms with Gasteiger partial charge in [0.1, 0.15) is 0 Å². The molecule has 1 saturated heterocycles. The second-order valence-electron chi connectivity index (χ2n) is 8.41. The van der Waals surface area contributed by atoms with Crippen molar-refractivity contribution in [2.75, 3.05) is 6.61 Å². The van der Waals surface area contributed by atoms with Gasteiger partial charge in [0.05, 0.1) is 12.6 Å². The first-order valence-electron chi connectivity index (χ1n) is 11.0. The molecule has 8 heteroatoms. The highest BCUT2D eigenvalue weighted by Crippen LogP contribution is 2.23. The van der Waals surface area contributed by atoms with Crippen LogP contribution in [0.3, 0.4) is 0 Å². The van der Waals surface area contributed by atoms with Crippen molar-refractivity contribution in [2.45, 2.75) is 45.9 Å². The lowest BCUT2D eigenvalue weighted by Crippen LogP contribution is -2.39. The predicted molar refractivity (Wildman–Crippen MR) is 124 cm³/mol. The van der Waals surface area contributed by atoms with Crippen LogP contribution in [0.5, 0.6) is 0 Å². The highest BCUT2D eigenvalue weighted by molar-refractivity contribution is 5.76. The predicted octanol–water partition coefficient (Wildman–Crippen LogP) is 2.66. The molecule has 0 saturated carbocycles. The SMILES string of the molecule is Cc1c(C)n2c3c(=O)n(C/C=C\c4ccccc4)c(=O)n(C)c3nc2n1C[C@@H]1CCCO1. The quantitative estimate of drug-likeness (QED) is 0.485. The summed E-state index contributed by atoms with van der Waals surface area (Å²) < 4.78 is 12.5. The van der Waals surface area contributed by atoms with Crippen molar-refractivity contribution in [3.05, 3.63) is 74.2 Å². The van der Waals surface area contributed by atoms with Gasteiger partial charge in [-0.05, 0) is 32.3 Å². The zero-order valence-corrected chi connectivity index (χ0v) is 18.6. The van der Waals surface area contributed by atoms with E-state index < -0.39 is 0 Å². The van der Waals surface area contributed by atoms with E-state index in [1.165, 1.54) is 9.13 Å². The molecule has 0 spiro atoms. The van der Waals surface area contributed by atoms with E-state index in [2.05, 4.69) is 4.57 Å². The van der Waals surface area contributed by atoms with Crippen molar-refractivity contribution in [3.8, 4) is 0 Å². The lowest BCUT2D eigenvalue weighted by Gasteiger charge is -2.12. The van der Waals surface area contributed by atoms with Crippen LogP contribution in [-0.4, -0.2) is 35.8 Å². The Balaban J connectivity index is 1.64. The molecule has 0 radical (unpaired) electrons. The van der Waals surface area contributed by atoms with Crippen LogP contribution in [-0.2, 0) is 24.9 Å². The second kappa shape index (κ2) is 7.94. The Kier molecular flexibility index (Phi) is 5.09. The molecule has 0 unspecified atom stereocenters. The zero-order valence-electron chi connectivity index (χ0n) is 18.6. The summed E-state index contributed by atoms with van der Waals surface area (Å²) in [6.45, 7) is 5.69. The van der Waals surface area contributed by atoms with Crippen molar-refractivity contribution in [1.29, 1.82) is 0 Å². The molecule has 5 rings (SSSR count). The molecule has 8 nitrogen and oxygen atoms in total. The fraction of sp³-hybridized carbons (Fsp3) is 0.375. The van der Waals surface area contributed by atoms with Gasteiger partial charge < -0.3 is 9.30 Å². The molecule has 0 aliphatic carbocycles. The van der Waals surface area contributed by atoms with Gasteiger partial charge in [0, 0.05) is 31.6 Å². The molecule has 4 aromatic rings. The third kappa shape index (κ3) is 3.22. The van der Waals surface area contributed by atoms with Crippen LogP contribution in [0.1, 0.15) is 29.8 Å². The van der Waals surface area contributed by atoms with Gasteiger partial charge in [-0.3, -0.25) is 18.3 Å². The Hall–Kier alpha value is -3.39. The maximum absolute atomic E-state index is 13.5. The van der Waals surface area contributed by atoms with E-state index in [1.807, 2.05) is 60.7 Å². The molecule has 4 heterocycles. The number of allylic oxidation sites excluding steroid dienone is 1. The molecule has 1 aliphatic heterocycles. The maximum atomic E-state index is 13.5. The number of benzene rings is 1. The number of aromatic nitrogens is 5.